The van der Waals surface area contributed by atoms with Crippen molar-refractivity contribution in [2.75, 3.05) is 32.7 Å². The van der Waals surface area contributed by atoms with Crippen LogP contribution in [0.25, 0.3) is 0 Å². The molecule has 0 saturated carbocycles. The molecular weight excluding hydrogens is 264 g/mol. The van der Waals surface area contributed by atoms with Crippen LogP contribution in [0.5, 0.6) is 0 Å². The zero-order valence-corrected chi connectivity index (χ0v) is 11.6. The van der Waals surface area contributed by atoms with Gasteiger partial charge in [0.15, 0.2) is 0 Å². The Balaban J connectivity index is 2.53. The fourth-order valence-corrected chi connectivity index (χ4v) is 2.34. The van der Waals surface area contributed by atoms with Gasteiger partial charge in [-0.25, -0.2) is 0 Å². The van der Waals surface area contributed by atoms with Gasteiger partial charge in [-0.05, 0) is 12.8 Å². The highest BCUT2D eigenvalue weighted by atomic mass is 16.4. The van der Waals surface area contributed by atoms with Crippen molar-refractivity contribution in [3.63, 3.8) is 0 Å². The van der Waals surface area contributed by atoms with Gasteiger partial charge in [0.25, 0.3) is 0 Å². The average Bonchev–Trinajstić information content (AvgIpc) is 2.25. The van der Waals surface area contributed by atoms with E-state index in [4.69, 9.17) is 10.2 Å². The summed E-state index contributed by atoms with van der Waals surface area (Å²) in [5.74, 6) is -2.45. The Morgan fingerprint density at radius 2 is 1.25 bits per heavy atom. The van der Waals surface area contributed by atoms with Gasteiger partial charge in [-0.1, -0.05) is 19.3 Å². The molecule has 0 atom stereocenters. The van der Waals surface area contributed by atoms with Crippen LogP contribution in [0.15, 0.2) is 0 Å². The second-order valence-electron chi connectivity index (χ2n) is 5.08. The van der Waals surface area contributed by atoms with Crippen LogP contribution in [0.1, 0.15) is 32.1 Å². The molecule has 0 aromatic rings. The Kier molecular flexibility index (Phi) is 7.00. The lowest BCUT2D eigenvalue weighted by Gasteiger charge is -2.27. The summed E-state index contributed by atoms with van der Waals surface area (Å²) in [7, 11) is 0. The van der Waals surface area contributed by atoms with Gasteiger partial charge in [-0.3, -0.25) is 19.3 Å². The molecule has 114 valence electrons. The zero-order valence-electron chi connectivity index (χ0n) is 11.6. The molecule has 0 spiro atoms. The van der Waals surface area contributed by atoms with E-state index in [0.29, 0.717) is 13.1 Å². The number of likely N-dealkylation sites (tertiary alicyclic amines) is 1. The summed E-state index contributed by atoms with van der Waals surface area (Å²) >= 11 is 0. The molecule has 7 heteroatoms. The molecule has 20 heavy (non-hydrogen) atoms. The van der Waals surface area contributed by atoms with Gasteiger partial charge in [0, 0.05) is 13.1 Å². The van der Waals surface area contributed by atoms with Crippen LogP contribution in [0.3, 0.4) is 0 Å². The van der Waals surface area contributed by atoms with Crippen LogP contribution in [0.4, 0.5) is 0 Å². The van der Waals surface area contributed by atoms with E-state index >= 15 is 0 Å². The molecule has 1 heterocycles. The first kappa shape index (κ1) is 16.4. The summed E-state index contributed by atoms with van der Waals surface area (Å²) in [5.41, 5.74) is 0. The van der Waals surface area contributed by atoms with Crippen LogP contribution < -0.4 is 0 Å². The second kappa shape index (κ2) is 8.52. The molecule has 2 N–H and O–H groups in total. The van der Waals surface area contributed by atoms with E-state index in [-0.39, 0.29) is 12.5 Å². The van der Waals surface area contributed by atoms with Crippen molar-refractivity contribution in [3.8, 4) is 0 Å². The Morgan fingerprint density at radius 1 is 0.800 bits per heavy atom. The highest BCUT2D eigenvalue weighted by molar-refractivity contribution is 5.80. The highest BCUT2D eigenvalue weighted by Gasteiger charge is 2.21. The molecule has 0 aromatic heterocycles. The SMILES string of the molecule is O=C(O)CN(CC(=O)O)CC(=O)N1CCCCCCC1. The fourth-order valence-electron chi connectivity index (χ4n) is 2.34. The monoisotopic (exact) mass is 286 g/mol. The van der Waals surface area contributed by atoms with Gasteiger partial charge in [-0.2, -0.15) is 0 Å². The minimum Gasteiger partial charge on any atom is -0.480 e. The number of hydrogen-bond donors (Lipinski definition) is 2. The number of aliphatic carboxylic acids is 2. The third-order valence-corrected chi connectivity index (χ3v) is 3.29. The lowest BCUT2D eigenvalue weighted by atomic mass is 10.1. The van der Waals surface area contributed by atoms with E-state index in [2.05, 4.69) is 0 Å². The minimum atomic E-state index is -1.13. The van der Waals surface area contributed by atoms with Crippen molar-refractivity contribution >= 4 is 17.8 Å². The fraction of sp³-hybridized carbons (Fsp3) is 0.769. The first-order valence-corrected chi connectivity index (χ1v) is 6.92. The number of carbonyl (C=O) groups excluding carboxylic acids is 1. The molecule has 7 nitrogen and oxygen atoms in total. The van der Waals surface area contributed by atoms with E-state index in [9.17, 15) is 14.4 Å². The summed E-state index contributed by atoms with van der Waals surface area (Å²) in [6, 6.07) is 0. The van der Waals surface area contributed by atoms with E-state index in [1.54, 1.807) is 4.90 Å². The summed E-state index contributed by atoms with van der Waals surface area (Å²) in [6.07, 6.45) is 5.27. The molecule has 1 rings (SSSR count). The van der Waals surface area contributed by atoms with Crippen LogP contribution in [-0.2, 0) is 14.4 Å². The van der Waals surface area contributed by atoms with Crippen LogP contribution in [0.2, 0.25) is 0 Å². The Morgan fingerprint density at radius 3 is 1.70 bits per heavy atom. The van der Waals surface area contributed by atoms with Crippen molar-refractivity contribution in [1.29, 1.82) is 0 Å². The number of carbonyl (C=O) groups is 3. The van der Waals surface area contributed by atoms with Gasteiger partial charge >= 0.3 is 11.9 Å². The van der Waals surface area contributed by atoms with Crippen molar-refractivity contribution in [3.05, 3.63) is 0 Å². The smallest absolute Gasteiger partial charge is 0.317 e. The summed E-state index contributed by atoms with van der Waals surface area (Å²) in [6.45, 7) is 0.315. The molecule has 1 aliphatic heterocycles. The molecule has 1 aliphatic rings. The van der Waals surface area contributed by atoms with Gasteiger partial charge in [-0.15, -0.1) is 0 Å². The number of amides is 1. The number of nitrogens with zero attached hydrogens (tertiary/aromatic N) is 2. The molecule has 1 amide bonds. The maximum atomic E-state index is 12.1. The van der Waals surface area contributed by atoms with Crippen LogP contribution >= 0.6 is 0 Å². The van der Waals surface area contributed by atoms with Gasteiger partial charge in [0.1, 0.15) is 0 Å². The molecule has 1 fully saturated rings. The maximum Gasteiger partial charge on any atom is 0.317 e. The summed E-state index contributed by atoms with van der Waals surface area (Å²) < 4.78 is 0. The van der Waals surface area contributed by atoms with E-state index in [1.807, 2.05) is 0 Å². The molecule has 0 bridgehead atoms. The summed E-state index contributed by atoms with van der Waals surface area (Å²) in [4.78, 5) is 36.4. The number of carboxylic acid groups (broad SMARTS) is 2. The normalized spacial score (nSPS) is 16.6. The first-order chi connectivity index (χ1) is 9.49. The highest BCUT2D eigenvalue weighted by Crippen LogP contribution is 2.10. The van der Waals surface area contributed by atoms with E-state index < -0.39 is 25.0 Å². The molecule has 0 unspecified atom stereocenters. The molecule has 1 saturated heterocycles. The number of carboxylic acids is 2. The third kappa shape index (κ3) is 6.51. The third-order valence-electron chi connectivity index (χ3n) is 3.29. The predicted octanol–water partition coefficient (Wildman–Crippen LogP) is 0.250. The summed E-state index contributed by atoms with van der Waals surface area (Å²) in [5, 5.41) is 17.5. The van der Waals surface area contributed by atoms with E-state index in [0.717, 1.165) is 30.6 Å². The molecule has 0 radical (unpaired) electrons. The lowest BCUT2D eigenvalue weighted by molar-refractivity contribution is -0.143. The molecule has 0 aliphatic carbocycles. The molecule has 0 aromatic carbocycles. The van der Waals surface area contributed by atoms with Crippen molar-refractivity contribution in [1.82, 2.24) is 9.80 Å². The van der Waals surface area contributed by atoms with Crippen molar-refractivity contribution in [2.45, 2.75) is 32.1 Å². The van der Waals surface area contributed by atoms with Crippen molar-refractivity contribution in [2.24, 2.45) is 0 Å². The average molecular weight is 286 g/mol. The maximum absolute atomic E-state index is 12.1. The van der Waals surface area contributed by atoms with Crippen LogP contribution in [-0.4, -0.2) is 70.6 Å². The second-order valence-corrected chi connectivity index (χ2v) is 5.08. The van der Waals surface area contributed by atoms with Gasteiger partial charge in [0.05, 0.1) is 19.6 Å². The standard InChI is InChI=1S/C13H22N2O5/c16-11(15-6-4-2-1-3-5-7-15)8-14(9-12(17)18)10-13(19)20/h1-10H2,(H,17,18)(H,19,20). The predicted molar refractivity (Wildman–Crippen MR) is 71.4 cm³/mol. The van der Waals surface area contributed by atoms with Gasteiger partial charge < -0.3 is 15.1 Å². The topological polar surface area (TPSA) is 98.1 Å². The Bertz CT molecular complexity index is 335. The van der Waals surface area contributed by atoms with E-state index in [1.165, 1.54) is 6.42 Å². The number of rotatable bonds is 6. The lowest BCUT2D eigenvalue weighted by Crippen LogP contribution is -2.44. The van der Waals surface area contributed by atoms with Gasteiger partial charge in [0.2, 0.25) is 5.91 Å². The quantitative estimate of drug-likeness (QED) is 0.726. The Hall–Kier alpha value is -1.63. The minimum absolute atomic E-state index is 0.154. The largest absolute Gasteiger partial charge is 0.480 e. The molecular formula is C13H22N2O5. The zero-order chi connectivity index (χ0) is 15.0. The first-order valence-electron chi connectivity index (χ1n) is 6.92. The Labute approximate surface area is 118 Å². The number of hydrogen-bond acceptors (Lipinski definition) is 4. The van der Waals surface area contributed by atoms with Crippen molar-refractivity contribution < 1.29 is 24.6 Å². The van der Waals surface area contributed by atoms with Crippen LogP contribution in [0, 0.1) is 0 Å².